The van der Waals surface area contributed by atoms with Gasteiger partial charge in [-0.05, 0) is 11.6 Å². The number of carbonyl (C=O) groups excluding carboxylic acids is 1. The molecule has 1 rings (SSSR count). The number of rotatable bonds is 5. The largest absolute Gasteiger partial charge is 0.382 e. The van der Waals surface area contributed by atoms with Crippen molar-refractivity contribution in [2.75, 3.05) is 6.54 Å². The van der Waals surface area contributed by atoms with Crippen LogP contribution in [0.3, 0.4) is 0 Å². The minimum absolute atomic E-state index is 0.103. The van der Waals surface area contributed by atoms with Gasteiger partial charge in [0, 0.05) is 26.3 Å². The Balaban J connectivity index is 2.44. The number of aryl methyl sites for hydroxylation is 1. The van der Waals surface area contributed by atoms with Gasteiger partial charge in [-0.1, -0.05) is 0 Å². The standard InChI is InChI=1S/C10H14N4O2/c1-14-6-7(2-8(14)3-11)4-13-5-9(15)10(12)16/h2,6,9,13,15H,4-5H2,1H3,(H2,12,16). The molecule has 1 amide bonds. The van der Waals surface area contributed by atoms with Gasteiger partial charge >= 0.3 is 0 Å². The quantitative estimate of drug-likeness (QED) is 0.584. The average molecular weight is 222 g/mol. The number of nitriles is 1. The van der Waals surface area contributed by atoms with Crippen molar-refractivity contribution >= 4 is 5.91 Å². The Bertz CT molecular complexity index is 419. The molecule has 0 aromatic carbocycles. The zero-order valence-electron chi connectivity index (χ0n) is 8.97. The summed E-state index contributed by atoms with van der Waals surface area (Å²) in [6.45, 7) is 0.575. The molecule has 1 aromatic rings. The Kier molecular flexibility index (Phi) is 4.05. The molecule has 0 aliphatic carbocycles. The van der Waals surface area contributed by atoms with Crippen LogP contribution in [0.2, 0.25) is 0 Å². The summed E-state index contributed by atoms with van der Waals surface area (Å²) >= 11 is 0. The normalized spacial score (nSPS) is 12.1. The van der Waals surface area contributed by atoms with Gasteiger partial charge in [-0.15, -0.1) is 0 Å². The van der Waals surface area contributed by atoms with E-state index in [-0.39, 0.29) is 6.54 Å². The van der Waals surface area contributed by atoms with Crippen LogP contribution in [0.5, 0.6) is 0 Å². The minimum atomic E-state index is -1.18. The molecule has 86 valence electrons. The lowest BCUT2D eigenvalue weighted by Crippen LogP contribution is -2.37. The minimum Gasteiger partial charge on any atom is -0.382 e. The van der Waals surface area contributed by atoms with Crippen LogP contribution in [0.1, 0.15) is 11.3 Å². The summed E-state index contributed by atoms with van der Waals surface area (Å²) < 4.78 is 1.71. The lowest BCUT2D eigenvalue weighted by molar-refractivity contribution is -0.125. The first-order valence-corrected chi connectivity index (χ1v) is 4.78. The van der Waals surface area contributed by atoms with Gasteiger partial charge in [-0.3, -0.25) is 4.79 Å². The van der Waals surface area contributed by atoms with Crippen LogP contribution >= 0.6 is 0 Å². The van der Waals surface area contributed by atoms with Crippen LogP contribution in [0, 0.1) is 11.3 Å². The summed E-state index contributed by atoms with van der Waals surface area (Å²) in [6.07, 6.45) is 0.626. The number of amides is 1. The monoisotopic (exact) mass is 222 g/mol. The predicted octanol–water partition coefficient (Wildman–Crippen LogP) is -1.17. The van der Waals surface area contributed by atoms with Crippen molar-refractivity contribution in [2.24, 2.45) is 12.8 Å². The van der Waals surface area contributed by atoms with Crippen molar-refractivity contribution in [2.45, 2.75) is 12.6 Å². The fourth-order valence-electron chi connectivity index (χ4n) is 1.29. The van der Waals surface area contributed by atoms with Crippen LogP contribution in [0.15, 0.2) is 12.3 Å². The molecule has 1 atom stereocenters. The van der Waals surface area contributed by atoms with E-state index in [9.17, 15) is 4.79 Å². The van der Waals surface area contributed by atoms with Crippen molar-refractivity contribution in [3.05, 3.63) is 23.5 Å². The summed E-state index contributed by atoms with van der Waals surface area (Å²) in [5.41, 5.74) is 6.36. The second-order valence-electron chi connectivity index (χ2n) is 3.51. The van der Waals surface area contributed by atoms with Crippen molar-refractivity contribution in [3.63, 3.8) is 0 Å². The predicted molar refractivity (Wildman–Crippen MR) is 57.0 cm³/mol. The number of primary amides is 1. The van der Waals surface area contributed by atoms with Gasteiger partial charge in [-0.2, -0.15) is 5.26 Å². The molecule has 16 heavy (non-hydrogen) atoms. The highest BCUT2D eigenvalue weighted by atomic mass is 16.3. The maximum Gasteiger partial charge on any atom is 0.247 e. The lowest BCUT2D eigenvalue weighted by atomic mass is 10.3. The molecular formula is C10H14N4O2. The lowest BCUT2D eigenvalue weighted by Gasteiger charge is -2.06. The molecule has 1 unspecified atom stereocenters. The molecule has 6 heteroatoms. The SMILES string of the molecule is Cn1cc(CNCC(O)C(N)=O)cc1C#N. The highest BCUT2D eigenvalue weighted by molar-refractivity contribution is 5.78. The molecule has 0 spiro atoms. The van der Waals surface area contributed by atoms with E-state index in [4.69, 9.17) is 16.1 Å². The molecule has 0 saturated carbocycles. The molecule has 0 aliphatic rings. The van der Waals surface area contributed by atoms with Crippen LogP contribution in [-0.4, -0.2) is 28.2 Å². The van der Waals surface area contributed by atoms with E-state index in [1.54, 1.807) is 17.7 Å². The molecule has 0 fully saturated rings. The van der Waals surface area contributed by atoms with Gasteiger partial charge in [0.15, 0.2) is 0 Å². The number of hydrogen-bond donors (Lipinski definition) is 3. The first-order chi connectivity index (χ1) is 7.54. The summed E-state index contributed by atoms with van der Waals surface area (Å²) in [5.74, 6) is -0.752. The van der Waals surface area contributed by atoms with E-state index in [1.807, 2.05) is 12.3 Å². The molecule has 0 bridgehead atoms. The smallest absolute Gasteiger partial charge is 0.247 e. The molecule has 1 aromatic heterocycles. The number of nitrogens with one attached hydrogen (secondary N) is 1. The molecule has 6 nitrogen and oxygen atoms in total. The fraction of sp³-hybridized carbons (Fsp3) is 0.400. The number of aromatic nitrogens is 1. The molecular weight excluding hydrogens is 208 g/mol. The summed E-state index contributed by atoms with van der Waals surface area (Å²) in [5, 5.41) is 20.7. The Hall–Kier alpha value is -1.84. The third-order valence-electron chi connectivity index (χ3n) is 2.17. The molecule has 0 saturated heterocycles. The highest BCUT2D eigenvalue weighted by Crippen LogP contribution is 2.05. The van der Waals surface area contributed by atoms with E-state index in [2.05, 4.69) is 5.32 Å². The van der Waals surface area contributed by atoms with Crippen molar-refractivity contribution in [1.29, 1.82) is 5.26 Å². The third kappa shape index (κ3) is 3.08. The fourth-order valence-corrected chi connectivity index (χ4v) is 1.29. The van der Waals surface area contributed by atoms with E-state index >= 15 is 0 Å². The number of aliphatic hydroxyl groups excluding tert-OH is 1. The number of hydrogen-bond acceptors (Lipinski definition) is 4. The summed E-state index contributed by atoms with van der Waals surface area (Å²) in [4.78, 5) is 10.5. The van der Waals surface area contributed by atoms with Gasteiger partial charge in [0.2, 0.25) is 5.91 Å². The Morgan fingerprint density at radius 2 is 2.50 bits per heavy atom. The van der Waals surface area contributed by atoms with Crippen LogP contribution in [0.25, 0.3) is 0 Å². The van der Waals surface area contributed by atoms with E-state index in [0.29, 0.717) is 12.2 Å². The first-order valence-electron chi connectivity index (χ1n) is 4.78. The van der Waals surface area contributed by atoms with Crippen LogP contribution in [0.4, 0.5) is 0 Å². The van der Waals surface area contributed by atoms with Gasteiger partial charge in [-0.25, -0.2) is 0 Å². The van der Waals surface area contributed by atoms with Crippen molar-refractivity contribution in [1.82, 2.24) is 9.88 Å². The second-order valence-corrected chi connectivity index (χ2v) is 3.51. The topological polar surface area (TPSA) is 104 Å². The van der Waals surface area contributed by atoms with Gasteiger partial charge in [0.05, 0.1) is 0 Å². The van der Waals surface area contributed by atoms with Crippen LogP contribution < -0.4 is 11.1 Å². The summed E-state index contributed by atoms with van der Waals surface area (Å²) in [6, 6.07) is 3.78. The summed E-state index contributed by atoms with van der Waals surface area (Å²) in [7, 11) is 1.78. The second kappa shape index (κ2) is 5.30. The van der Waals surface area contributed by atoms with Crippen LogP contribution in [-0.2, 0) is 18.4 Å². The molecule has 0 radical (unpaired) electrons. The van der Waals surface area contributed by atoms with E-state index < -0.39 is 12.0 Å². The van der Waals surface area contributed by atoms with Crippen molar-refractivity contribution < 1.29 is 9.90 Å². The Labute approximate surface area is 93.3 Å². The maximum atomic E-state index is 10.5. The number of carbonyl (C=O) groups is 1. The average Bonchev–Trinajstić information content (AvgIpc) is 2.58. The van der Waals surface area contributed by atoms with E-state index in [0.717, 1.165) is 5.56 Å². The third-order valence-corrected chi connectivity index (χ3v) is 2.17. The Morgan fingerprint density at radius 1 is 1.81 bits per heavy atom. The van der Waals surface area contributed by atoms with Gasteiger partial charge in [0.1, 0.15) is 17.9 Å². The highest BCUT2D eigenvalue weighted by Gasteiger charge is 2.09. The van der Waals surface area contributed by atoms with Crippen molar-refractivity contribution in [3.8, 4) is 6.07 Å². The number of aliphatic hydroxyl groups is 1. The zero-order chi connectivity index (χ0) is 12.1. The maximum absolute atomic E-state index is 10.5. The number of nitrogens with zero attached hydrogens (tertiary/aromatic N) is 2. The molecule has 4 N–H and O–H groups in total. The number of nitrogens with two attached hydrogens (primary N) is 1. The molecule has 1 heterocycles. The Morgan fingerprint density at radius 3 is 3.00 bits per heavy atom. The van der Waals surface area contributed by atoms with Gasteiger partial charge in [0.25, 0.3) is 0 Å². The zero-order valence-corrected chi connectivity index (χ0v) is 8.97. The first kappa shape index (κ1) is 12.2. The van der Waals surface area contributed by atoms with E-state index in [1.165, 1.54) is 0 Å². The molecule has 0 aliphatic heterocycles. The van der Waals surface area contributed by atoms with Gasteiger partial charge < -0.3 is 20.7 Å².